The molecule has 0 saturated heterocycles. The number of nitrogens with two attached hydrogens (primary N) is 1. The van der Waals surface area contributed by atoms with Gasteiger partial charge in [-0.05, 0) is 35.0 Å². The van der Waals surface area contributed by atoms with Crippen LogP contribution in [0, 0.1) is 6.92 Å². The highest BCUT2D eigenvalue weighted by Gasteiger charge is 2.10. The third-order valence-corrected chi connectivity index (χ3v) is 2.73. The van der Waals surface area contributed by atoms with Crippen LogP contribution in [0.2, 0.25) is 0 Å². The maximum Gasteiger partial charge on any atom is 0.155 e. The molecule has 2 heterocycles. The molecular weight excluding hydrogens is 244 g/mol. The number of rotatable bonds is 1. The van der Waals surface area contributed by atoms with Crippen LogP contribution in [0.3, 0.4) is 0 Å². The van der Waals surface area contributed by atoms with Gasteiger partial charge in [0.15, 0.2) is 5.82 Å². The summed E-state index contributed by atoms with van der Waals surface area (Å²) in [4.78, 5) is 4.16. The predicted octanol–water partition coefficient (Wildman–Crippen LogP) is 1.92. The second kappa shape index (κ2) is 3.42. The van der Waals surface area contributed by atoms with Crippen molar-refractivity contribution in [1.29, 1.82) is 0 Å². The molecule has 14 heavy (non-hydrogen) atoms. The van der Waals surface area contributed by atoms with Crippen molar-refractivity contribution in [2.75, 3.05) is 5.73 Å². The fourth-order valence-corrected chi connectivity index (χ4v) is 1.50. The minimum absolute atomic E-state index is 0.607. The topological polar surface area (TPSA) is 56.7 Å². The molecule has 0 unspecified atom stereocenters. The van der Waals surface area contributed by atoms with E-state index in [1.165, 1.54) is 0 Å². The quantitative estimate of drug-likeness (QED) is 0.844. The zero-order valence-corrected chi connectivity index (χ0v) is 9.19. The van der Waals surface area contributed by atoms with Gasteiger partial charge < -0.3 is 5.73 Å². The molecule has 0 spiro atoms. The third-order valence-electron chi connectivity index (χ3n) is 1.98. The molecular formula is C9H9BrN4. The summed E-state index contributed by atoms with van der Waals surface area (Å²) in [6, 6.07) is 5.60. The van der Waals surface area contributed by atoms with Gasteiger partial charge in [0.05, 0.1) is 0 Å². The molecule has 2 aromatic heterocycles. The van der Waals surface area contributed by atoms with Crippen LogP contribution in [0.25, 0.3) is 5.82 Å². The van der Waals surface area contributed by atoms with Crippen molar-refractivity contribution >= 4 is 21.7 Å². The smallest absolute Gasteiger partial charge is 0.155 e. The first-order chi connectivity index (χ1) is 6.70. The largest absolute Gasteiger partial charge is 0.383 e. The van der Waals surface area contributed by atoms with Crippen molar-refractivity contribution in [3.05, 3.63) is 34.6 Å². The van der Waals surface area contributed by atoms with Crippen LogP contribution < -0.4 is 5.73 Å². The Kier molecular flexibility index (Phi) is 2.25. The minimum atomic E-state index is 0.607. The summed E-state index contributed by atoms with van der Waals surface area (Å²) < 4.78 is 2.36. The number of hydrogen-bond acceptors (Lipinski definition) is 3. The van der Waals surface area contributed by atoms with Gasteiger partial charge >= 0.3 is 0 Å². The number of pyridine rings is 1. The first-order valence-electron chi connectivity index (χ1n) is 4.12. The molecule has 0 aliphatic heterocycles. The van der Waals surface area contributed by atoms with Gasteiger partial charge in [-0.3, -0.25) is 0 Å². The van der Waals surface area contributed by atoms with Crippen LogP contribution in [-0.4, -0.2) is 14.8 Å². The number of halogens is 1. The van der Waals surface area contributed by atoms with Crippen LogP contribution in [0.5, 0.6) is 0 Å². The fraction of sp³-hybridized carbons (Fsp3) is 0.111. The maximum atomic E-state index is 5.87. The first kappa shape index (κ1) is 9.21. The average Bonchev–Trinajstić information content (AvgIpc) is 2.47. The van der Waals surface area contributed by atoms with E-state index in [1.54, 1.807) is 10.9 Å². The van der Waals surface area contributed by atoms with Crippen molar-refractivity contribution in [2.24, 2.45) is 0 Å². The van der Waals surface area contributed by atoms with Gasteiger partial charge in [-0.1, -0.05) is 6.07 Å². The molecule has 0 aliphatic rings. The number of hydrogen-bond donors (Lipinski definition) is 1. The van der Waals surface area contributed by atoms with E-state index in [0.717, 1.165) is 16.0 Å². The van der Waals surface area contributed by atoms with Gasteiger partial charge in [0.2, 0.25) is 0 Å². The lowest BCUT2D eigenvalue weighted by atomic mass is 10.4. The molecule has 0 radical (unpaired) electrons. The van der Waals surface area contributed by atoms with Gasteiger partial charge in [0, 0.05) is 11.8 Å². The SMILES string of the molecule is Cc1c(Br)nn(-c2ccccn2)c1N. The molecule has 0 fully saturated rings. The zero-order valence-electron chi connectivity index (χ0n) is 7.61. The molecule has 0 amide bonds. The average molecular weight is 253 g/mol. The van der Waals surface area contributed by atoms with E-state index in [1.807, 2.05) is 25.1 Å². The van der Waals surface area contributed by atoms with Crippen LogP contribution in [0.1, 0.15) is 5.56 Å². The molecule has 0 bridgehead atoms. The summed E-state index contributed by atoms with van der Waals surface area (Å²) in [6.07, 6.45) is 1.71. The summed E-state index contributed by atoms with van der Waals surface area (Å²) in [7, 11) is 0. The van der Waals surface area contributed by atoms with E-state index in [9.17, 15) is 0 Å². The second-order valence-electron chi connectivity index (χ2n) is 2.90. The summed E-state index contributed by atoms with van der Waals surface area (Å²) in [5.74, 6) is 1.33. The Morgan fingerprint density at radius 2 is 2.21 bits per heavy atom. The molecule has 0 saturated carbocycles. The number of nitrogens with zero attached hydrogens (tertiary/aromatic N) is 3. The standard InChI is InChI=1S/C9H9BrN4/c1-6-8(10)13-14(9(6)11)7-4-2-3-5-12-7/h2-5H,11H2,1H3. The van der Waals surface area contributed by atoms with Crippen LogP contribution >= 0.6 is 15.9 Å². The normalized spacial score (nSPS) is 10.4. The lowest BCUT2D eigenvalue weighted by molar-refractivity contribution is 0.848. The monoisotopic (exact) mass is 252 g/mol. The first-order valence-corrected chi connectivity index (χ1v) is 4.91. The van der Waals surface area contributed by atoms with Gasteiger partial charge in [-0.25, -0.2) is 4.98 Å². The lowest BCUT2D eigenvalue weighted by Crippen LogP contribution is -2.03. The fourth-order valence-electron chi connectivity index (χ4n) is 1.13. The Bertz CT molecular complexity index is 449. The highest BCUT2D eigenvalue weighted by Crippen LogP contribution is 2.22. The highest BCUT2D eigenvalue weighted by molar-refractivity contribution is 9.10. The van der Waals surface area contributed by atoms with Crippen LogP contribution in [0.15, 0.2) is 29.0 Å². The van der Waals surface area contributed by atoms with E-state index in [0.29, 0.717) is 5.82 Å². The summed E-state index contributed by atoms with van der Waals surface area (Å²) in [6.45, 7) is 1.91. The zero-order chi connectivity index (χ0) is 10.1. The van der Waals surface area contributed by atoms with Crippen LogP contribution in [-0.2, 0) is 0 Å². The molecule has 4 nitrogen and oxygen atoms in total. The van der Waals surface area contributed by atoms with Gasteiger partial charge in [-0.2, -0.15) is 9.78 Å². The molecule has 0 aliphatic carbocycles. The number of nitrogen functional groups attached to an aromatic ring is 1. The second-order valence-corrected chi connectivity index (χ2v) is 3.65. The molecule has 5 heteroatoms. The molecule has 72 valence electrons. The number of aromatic nitrogens is 3. The Balaban J connectivity index is 2.58. The van der Waals surface area contributed by atoms with Crippen molar-refractivity contribution in [3.63, 3.8) is 0 Å². The third kappa shape index (κ3) is 1.39. The summed E-state index contributed by atoms with van der Waals surface area (Å²) in [5.41, 5.74) is 6.79. The van der Waals surface area contributed by atoms with E-state index >= 15 is 0 Å². The highest BCUT2D eigenvalue weighted by atomic mass is 79.9. The Morgan fingerprint density at radius 3 is 2.71 bits per heavy atom. The molecule has 2 N–H and O–H groups in total. The maximum absolute atomic E-state index is 5.87. The van der Waals surface area contributed by atoms with Crippen molar-refractivity contribution < 1.29 is 0 Å². The lowest BCUT2D eigenvalue weighted by Gasteiger charge is -2.01. The summed E-state index contributed by atoms with van der Waals surface area (Å²) >= 11 is 3.32. The molecule has 0 atom stereocenters. The van der Waals surface area contributed by atoms with Crippen molar-refractivity contribution in [2.45, 2.75) is 6.92 Å². The van der Waals surface area contributed by atoms with E-state index in [-0.39, 0.29) is 0 Å². The predicted molar refractivity (Wildman–Crippen MR) is 58.2 cm³/mol. The van der Waals surface area contributed by atoms with E-state index < -0.39 is 0 Å². The minimum Gasteiger partial charge on any atom is -0.383 e. The van der Waals surface area contributed by atoms with Gasteiger partial charge in [-0.15, -0.1) is 0 Å². The van der Waals surface area contributed by atoms with Crippen molar-refractivity contribution in [1.82, 2.24) is 14.8 Å². The Morgan fingerprint density at radius 1 is 1.43 bits per heavy atom. The Hall–Kier alpha value is -1.36. The van der Waals surface area contributed by atoms with E-state index in [4.69, 9.17) is 5.73 Å². The number of anilines is 1. The van der Waals surface area contributed by atoms with Gasteiger partial charge in [0.1, 0.15) is 10.4 Å². The molecule has 2 aromatic rings. The van der Waals surface area contributed by atoms with Crippen molar-refractivity contribution in [3.8, 4) is 5.82 Å². The van der Waals surface area contributed by atoms with Gasteiger partial charge in [0.25, 0.3) is 0 Å². The summed E-state index contributed by atoms with van der Waals surface area (Å²) in [5, 5.41) is 4.23. The Labute approximate surface area is 89.9 Å². The van der Waals surface area contributed by atoms with Crippen LogP contribution in [0.4, 0.5) is 5.82 Å². The van der Waals surface area contributed by atoms with E-state index in [2.05, 4.69) is 26.0 Å². The molecule has 0 aromatic carbocycles. The molecule has 2 rings (SSSR count).